The maximum Gasteiger partial charge on any atom is 0.490 e. The van der Waals surface area contributed by atoms with Gasteiger partial charge in [0.2, 0.25) is 0 Å². The van der Waals surface area contributed by atoms with Gasteiger partial charge < -0.3 is 20.1 Å². The van der Waals surface area contributed by atoms with Crippen molar-refractivity contribution in [2.45, 2.75) is 50.2 Å². The monoisotopic (exact) mass is 672 g/mol. The van der Waals surface area contributed by atoms with Crippen molar-refractivity contribution in [3.05, 3.63) is 46.7 Å². The van der Waals surface area contributed by atoms with Crippen LogP contribution in [0.4, 0.5) is 39.5 Å². The van der Waals surface area contributed by atoms with Crippen molar-refractivity contribution in [1.29, 1.82) is 0 Å². The summed E-state index contributed by atoms with van der Waals surface area (Å²) in [6, 6.07) is 6.60. The third-order valence-corrected chi connectivity index (χ3v) is 6.19. The van der Waals surface area contributed by atoms with Crippen molar-refractivity contribution in [3.8, 4) is 0 Å². The molecule has 2 aliphatic heterocycles. The van der Waals surface area contributed by atoms with Crippen LogP contribution in [-0.4, -0.2) is 110 Å². The molecular weight excluding hydrogens is 647 g/mol. The molecule has 0 aromatic carbocycles. The molecule has 0 radical (unpaired) electrons. The largest absolute Gasteiger partial charge is 0.490 e. The van der Waals surface area contributed by atoms with Crippen molar-refractivity contribution in [1.82, 2.24) is 19.8 Å². The summed E-state index contributed by atoms with van der Waals surface area (Å²) in [5.41, 5.74) is 1.02. The number of fused-ring (bicyclic) bond motifs is 1. The molecule has 4 rings (SSSR count). The number of pyridine rings is 1. The van der Waals surface area contributed by atoms with E-state index in [1.165, 1.54) is 5.01 Å². The minimum Gasteiger partial charge on any atom is -0.475 e. The number of halogens is 9. The first-order chi connectivity index (χ1) is 20.2. The highest BCUT2D eigenvalue weighted by Crippen LogP contribution is 2.26. The smallest absolute Gasteiger partial charge is 0.475 e. The summed E-state index contributed by atoms with van der Waals surface area (Å²) < 4.78 is 101. The number of hydrogen-bond acceptors (Lipinski definition) is 9. The van der Waals surface area contributed by atoms with Crippen LogP contribution in [0.1, 0.15) is 17.1 Å². The molecule has 2 aromatic rings. The average molecular weight is 673 g/mol. The fourth-order valence-corrected chi connectivity index (χ4v) is 4.19. The van der Waals surface area contributed by atoms with Gasteiger partial charge in [0, 0.05) is 50.0 Å². The summed E-state index contributed by atoms with van der Waals surface area (Å²) in [5.74, 6) is -8.27. The lowest BCUT2D eigenvalue weighted by molar-refractivity contribution is -0.193. The Morgan fingerprint density at radius 1 is 0.841 bits per heavy atom. The first-order valence-electron chi connectivity index (χ1n) is 12.0. The van der Waals surface area contributed by atoms with Gasteiger partial charge in [-0.3, -0.25) is 14.8 Å². The van der Waals surface area contributed by atoms with Crippen LogP contribution < -0.4 is 0 Å². The Morgan fingerprint density at radius 2 is 1.39 bits per heavy atom. The van der Waals surface area contributed by atoms with Gasteiger partial charge in [0.15, 0.2) is 0 Å². The van der Waals surface area contributed by atoms with Crippen molar-refractivity contribution in [2.75, 3.05) is 26.2 Å². The van der Waals surface area contributed by atoms with Gasteiger partial charge in [-0.1, -0.05) is 6.07 Å². The number of aromatic nitrogens is 2. The number of thiazole rings is 1. The Balaban J connectivity index is 0.000000379. The van der Waals surface area contributed by atoms with E-state index in [2.05, 4.69) is 25.1 Å². The summed E-state index contributed by atoms with van der Waals surface area (Å²) in [4.78, 5) is 40.5. The van der Waals surface area contributed by atoms with E-state index in [0.717, 1.165) is 44.8 Å². The number of carbonyl (C=O) groups is 3. The topological polar surface area (TPSA) is 153 Å². The van der Waals surface area contributed by atoms with Crippen molar-refractivity contribution < 1.29 is 74.0 Å². The molecule has 2 saturated heterocycles. The van der Waals surface area contributed by atoms with Crippen LogP contribution in [0, 0.1) is 0 Å². The molecule has 2 unspecified atom stereocenters. The van der Waals surface area contributed by atoms with E-state index in [9.17, 15) is 39.5 Å². The lowest BCUT2D eigenvalue weighted by Gasteiger charge is -2.36. The van der Waals surface area contributed by atoms with Gasteiger partial charge in [-0.25, -0.2) is 19.4 Å². The number of rotatable bonds is 5. The fourth-order valence-electron chi connectivity index (χ4n) is 3.53. The second-order valence-corrected chi connectivity index (χ2v) is 9.69. The molecule has 0 bridgehead atoms. The third kappa shape index (κ3) is 15.3. The summed E-state index contributed by atoms with van der Waals surface area (Å²) in [7, 11) is 0. The van der Waals surface area contributed by atoms with Crippen LogP contribution in [0.5, 0.6) is 0 Å². The Labute approximate surface area is 246 Å². The maximum atomic E-state index is 10.6. The third-order valence-electron chi connectivity index (χ3n) is 5.42. The van der Waals surface area contributed by atoms with E-state index in [4.69, 9.17) is 34.4 Å². The molecule has 2 aliphatic rings. The number of aliphatic carboxylic acids is 3. The van der Waals surface area contributed by atoms with E-state index in [1.807, 2.05) is 30.6 Å². The molecule has 21 heteroatoms. The number of piperazine rings is 1. The van der Waals surface area contributed by atoms with Crippen molar-refractivity contribution in [2.24, 2.45) is 0 Å². The molecule has 2 aromatic heterocycles. The molecule has 3 N–H and O–H groups in total. The van der Waals surface area contributed by atoms with Gasteiger partial charge >= 0.3 is 36.4 Å². The zero-order valence-corrected chi connectivity index (χ0v) is 23.0. The number of carboxylic acids is 3. The lowest BCUT2D eigenvalue weighted by atomic mass is 10.1. The molecule has 0 spiro atoms. The first kappa shape index (κ1) is 38.5. The Bertz CT molecular complexity index is 1110. The molecule has 2 atom stereocenters. The predicted octanol–water partition coefficient (Wildman–Crippen LogP) is 3.91. The standard InChI is InChI=1S/C17H22N4OS.3C2HF3O2/c1-2-4-18-14(3-1)13-22-16-9-15-10-20(6-7-21(15)11-16)12-17-19-5-8-23-17;3*3-2(4,5)1(6)7/h1-5,8,15-16H,6-7,9-13H2;3*(H,6,7). The quantitative estimate of drug-likeness (QED) is 0.397. The number of carboxylic acid groups (broad SMARTS) is 3. The highest BCUT2D eigenvalue weighted by Gasteiger charge is 2.40. The SMILES string of the molecule is O=C(O)C(F)(F)F.O=C(O)C(F)(F)F.O=C(O)C(F)(F)F.c1ccc(COC2CC3CN(Cc4nccs4)CCN3C2)nc1. The van der Waals surface area contributed by atoms with Crippen LogP contribution in [0.3, 0.4) is 0 Å². The Hall–Kier alpha value is -3.56. The number of hydrogen-bond donors (Lipinski definition) is 3. The van der Waals surface area contributed by atoms with Crippen LogP contribution in [0.2, 0.25) is 0 Å². The maximum absolute atomic E-state index is 10.6. The van der Waals surface area contributed by atoms with Crippen LogP contribution in [0.15, 0.2) is 36.0 Å². The highest BCUT2D eigenvalue weighted by molar-refractivity contribution is 7.09. The minimum absolute atomic E-state index is 0.335. The van der Waals surface area contributed by atoms with Gasteiger partial charge in [-0.05, 0) is 18.6 Å². The summed E-state index contributed by atoms with van der Waals surface area (Å²) in [5, 5.41) is 24.7. The Morgan fingerprint density at radius 3 is 1.82 bits per heavy atom. The molecule has 0 aliphatic carbocycles. The minimum atomic E-state index is -5.08. The second-order valence-electron chi connectivity index (χ2n) is 8.71. The predicted molar refractivity (Wildman–Crippen MR) is 131 cm³/mol. The normalized spacial score (nSPS) is 18.8. The highest BCUT2D eigenvalue weighted by atomic mass is 32.1. The first-order valence-corrected chi connectivity index (χ1v) is 12.8. The lowest BCUT2D eigenvalue weighted by Crippen LogP contribution is -2.49. The second kappa shape index (κ2) is 17.1. The zero-order chi connectivity index (χ0) is 33.7. The number of nitrogens with zero attached hydrogens (tertiary/aromatic N) is 4. The molecule has 2 fully saturated rings. The van der Waals surface area contributed by atoms with Gasteiger partial charge in [0.05, 0.1) is 24.9 Å². The number of alkyl halides is 9. The summed E-state index contributed by atoms with van der Waals surface area (Å²) in [6.45, 7) is 6.06. The van der Waals surface area contributed by atoms with Gasteiger partial charge in [-0.15, -0.1) is 11.3 Å². The molecule has 248 valence electrons. The Kier molecular flexibility index (Phi) is 14.9. The molecular formula is C23H25F9N4O7S. The molecule has 0 amide bonds. The van der Waals surface area contributed by atoms with Gasteiger partial charge in [-0.2, -0.15) is 39.5 Å². The number of ether oxygens (including phenoxy) is 1. The van der Waals surface area contributed by atoms with Gasteiger partial charge in [0.1, 0.15) is 5.01 Å². The molecule has 44 heavy (non-hydrogen) atoms. The van der Waals surface area contributed by atoms with E-state index < -0.39 is 36.4 Å². The van der Waals surface area contributed by atoms with Crippen molar-refractivity contribution in [3.63, 3.8) is 0 Å². The van der Waals surface area contributed by atoms with Gasteiger partial charge in [0.25, 0.3) is 0 Å². The molecule has 0 saturated carbocycles. The van der Waals surface area contributed by atoms with E-state index in [0.29, 0.717) is 18.8 Å². The molecule has 11 nitrogen and oxygen atoms in total. The van der Waals surface area contributed by atoms with Crippen molar-refractivity contribution >= 4 is 29.2 Å². The van der Waals surface area contributed by atoms with E-state index in [-0.39, 0.29) is 0 Å². The van der Waals surface area contributed by atoms with Crippen LogP contribution in [0.25, 0.3) is 0 Å². The van der Waals surface area contributed by atoms with E-state index >= 15 is 0 Å². The zero-order valence-electron chi connectivity index (χ0n) is 22.1. The van der Waals surface area contributed by atoms with E-state index in [1.54, 1.807) is 11.3 Å². The van der Waals surface area contributed by atoms with Crippen LogP contribution in [-0.2, 0) is 32.3 Å². The van der Waals surface area contributed by atoms with Crippen LogP contribution >= 0.6 is 11.3 Å². The molecule has 4 heterocycles. The fraction of sp³-hybridized carbons (Fsp3) is 0.522. The summed E-state index contributed by atoms with van der Waals surface area (Å²) in [6.07, 6.45) is -10.1. The average Bonchev–Trinajstić information content (AvgIpc) is 3.57. The summed E-state index contributed by atoms with van der Waals surface area (Å²) >= 11 is 1.75.